The minimum atomic E-state index is -0.0922. The number of nitrogens with zero attached hydrogens (tertiary/aromatic N) is 2. The van der Waals surface area contributed by atoms with Gasteiger partial charge in [0.25, 0.3) is 0 Å². The number of carbonyl (C=O) groups excluding carboxylic acids is 1. The second kappa shape index (κ2) is 8.92. The Morgan fingerprint density at radius 2 is 2.08 bits per heavy atom. The standard InChI is InChI=1S/C20H29N3O3/c1-3-21-20(23-11-8-15(9-12-23)19(24)25-2)22-14-16-10-13-26-18-7-5-4-6-17(16)18/h4-7,15-16H,3,8-14H2,1-2H3,(H,21,22). The van der Waals surface area contributed by atoms with Gasteiger partial charge in [0, 0.05) is 32.1 Å². The summed E-state index contributed by atoms with van der Waals surface area (Å²) in [5, 5.41) is 3.40. The Labute approximate surface area is 155 Å². The summed E-state index contributed by atoms with van der Waals surface area (Å²) >= 11 is 0. The van der Waals surface area contributed by atoms with E-state index in [1.54, 1.807) is 0 Å². The predicted octanol–water partition coefficient (Wildman–Crippen LogP) is 2.40. The van der Waals surface area contributed by atoms with Crippen molar-refractivity contribution in [3.63, 3.8) is 0 Å². The van der Waals surface area contributed by atoms with Gasteiger partial charge in [-0.15, -0.1) is 0 Å². The van der Waals surface area contributed by atoms with Crippen molar-refractivity contribution in [2.24, 2.45) is 10.9 Å². The van der Waals surface area contributed by atoms with Gasteiger partial charge in [0.15, 0.2) is 5.96 Å². The highest BCUT2D eigenvalue weighted by atomic mass is 16.5. The first kappa shape index (κ1) is 18.5. The molecule has 1 aromatic rings. The average molecular weight is 359 g/mol. The summed E-state index contributed by atoms with van der Waals surface area (Å²) in [6.45, 7) is 6.07. The molecular weight excluding hydrogens is 330 g/mol. The van der Waals surface area contributed by atoms with Gasteiger partial charge >= 0.3 is 5.97 Å². The van der Waals surface area contributed by atoms with E-state index in [1.807, 2.05) is 12.1 Å². The first-order valence-electron chi connectivity index (χ1n) is 9.55. The number of methoxy groups -OCH3 is 1. The Bertz CT molecular complexity index is 639. The smallest absolute Gasteiger partial charge is 0.308 e. The number of aliphatic imine (C=N–C) groups is 1. The summed E-state index contributed by atoms with van der Waals surface area (Å²) in [4.78, 5) is 18.9. The zero-order valence-electron chi connectivity index (χ0n) is 15.7. The quantitative estimate of drug-likeness (QED) is 0.508. The Hall–Kier alpha value is -2.24. The molecule has 142 valence electrons. The third-order valence-electron chi connectivity index (χ3n) is 5.21. The van der Waals surface area contributed by atoms with E-state index in [0.29, 0.717) is 5.92 Å². The molecule has 2 heterocycles. The molecule has 2 aliphatic heterocycles. The molecular formula is C20H29N3O3. The van der Waals surface area contributed by atoms with Crippen LogP contribution in [0.4, 0.5) is 0 Å². The number of nitrogens with one attached hydrogen (secondary N) is 1. The molecule has 0 aliphatic carbocycles. The number of para-hydroxylation sites is 1. The monoisotopic (exact) mass is 359 g/mol. The minimum Gasteiger partial charge on any atom is -0.493 e. The van der Waals surface area contributed by atoms with Crippen LogP contribution in [0.3, 0.4) is 0 Å². The number of carbonyl (C=O) groups is 1. The van der Waals surface area contributed by atoms with Crippen molar-refractivity contribution in [1.82, 2.24) is 10.2 Å². The first-order valence-corrected chi connectivity index (χ1v) is 9.55. The molecule has 1 saturated heterocycles. The normalized spacial score (nSPS) is 20.9. The van der Waals surface area contributed by atoms with Crippen LogP contribution in [0.25, 0.3) is 0 Å². The van der Waals surface area contributed by atoms with Crippen molar-refractivity contribution in [3.8, 4) is 5.75 Å². The van der Waals surface area contributed by atoms with Crippen LogP contribution in [0.1, 0.15) is 37.7 Å². The number of esters is 1. The van der Waals surface area contributed by atoms with E-state index >= 15 is 0 Å². The largest absolute Gasteiger partial charge is 0.493 e. The molecule has 0 radical (unpaired) electrons. The Balaban J connectivity index is 1.64. The lowest BCUT2D eigenvalue weighted by atomic mass is 9.93. The number of hydrogen-bond donors (Lipinski definition) is 1. The molecule has 1 unspecified atom stereocenters. The van der Waals surface area contributed by atoms with Gasteiger partial charge in [0.2, 0.25) is 0 Å². The van der Waals surface area contributed by atoms with Crippen LogP contribution in [0.15, 0.2) is 29.3 Å². The summed E-state index contributed by atoms with van der Waals surface area (Å²) in [5.74, 6) is 2.25. The summed E-state index contributed by atoms with van der Waals surface area (Å²) in [6, 6.07) is 8.25. The van der Waals surface area contributed by atoms with Crippen molar-refractivity contribution in [3.05, 3.63) is 29.8 Å². The minimum absolute atomic E-state index is 0.0153. The van der Waals surface area contributed by atoms with Crippen LogP contribution >= 0.6 is 0 Å². The van der Waals surface area contributed by atoms with E-state index in [4.69, 9.17) is 14.5 Å². The maximum atomic E-state index is 11.7. The lowest BCUT2D eigenvalue weighted by Crippen LogP contribution is -2.46. The molecule has 1 fully saturated rings. The fourth-order valence-corrected chi connectivity index (χ4v) is 3.72. The van der Waals surface area contributed by atoms with Crippen LogP contribution in [-0.4, -0.2) is 56.7 Å². The molecule has 2 aliphatic rings. The number of fused-ring (bicyclic) bond motifs is 1. The molecule has 0 bridgehead atoms. The molecule has 1 aromatic carbocycles. The van der Waals surface area contributed by atoms with Crippen LogP contribution in [0.5, 0.6) is 5.75 Å². The van der Waals surface area contributed by atoms with Gasteiger partial charge < -0.3 is 19.7 Å². The fraction of sp³-hybridized carbons (Fsp3) is 0.600. The van der Waals surface area contributed by atoms with Crippen LogP contribution < -0.4 is 10.1 Å². The lowest BCUT2D eigenvalue weighted by molar-refractivity contribution is -0.146. The number of likely N-dealkylation sites (tertiary alicyclic amines) is 1. The number of piperidine rings is 1. The number of rotatable bonds is 4. The van der Waals surface area contributed by atoms with Crippen LogP contribution in [0.2, 0.25) is 0 Å². The molecule has 3 rings (SSSR count). The molecule has 1 N–H and O–H groups in total. The van der Waals surface area contributed by atoms with Gasteiger partial charge in [-0.05, 0) is 37.8 Å². The number of benzene rings is 1. The zero-order chi connectivity index (χ0) is 18.4. The van der Waals surface area contributed by atoms with E-state index < -0.39 is 0 Å². The van der Waals surface area contributed by atoms with E-state index in [0.717, 1.165) is 63.8 Å². The number of hydrogen-bond acceptors (Lipinski definition) is 4. The Morgan fingerprint density at radius 1 is 1.31 bits per heavy atom. The average Bonchev–Trinajstić information content (AvgIpc) is 2.70. The molecule has 1 atom stereocenters. The van der Waals surface area contributed by atoms with Gasteiger partial charge in [-0.1, -0.05) is 18.2 Å². The summed E-state index contributed by atoms with van der Waals surface area (Å²) in [5.41, 5.74) is 1.25. The van der Waals surface area contributed by atoms with Crippen molar-refractivity contribution in [2.75, 3.05) is 39.9 Å². The lowest BCUT2D eigenvalue weighted by Gasteiger charge is -2.33. The van der Waals surface area contributed by atoms with Gasteiger partial charge in [-0.3, -0.25) is 9.79 Å². The molecule has 0 aromatic heterocycles. The van der Waals surface area contributed by atoms with E-state index in [2.05, 4.69) is 29.3 Å². The van der Waals surface area contributed by atoms with Gasteiger partial charge in [0.1, 0.15) is 5.75 Å². The molecule has 0 spiro atoms. The van der Waals surface area contributed by atoms with E-state index in [1.165, 1.54) is 12.7 Å². The second-order valence-electron chi connectivity index (χ2n) is 6.85. The number of ether oxygens (including phenoxy) is 2. The second-order valence-corrected chi connectivity index (χ2v) is 6.85. The van der Waals surface area contributed by atoms with Crippen molar-refractivity contribution < 1.29 is 14.3 Å². The molecule has 6 nitrogen and oxygen atoms in total. The topological polar surface area (TPSA) is 63.2 Å². The maximum absolute atomic E-state index is 11.7. The summed E-state index contributed by atoms with van der Waals surface area (Å²) in [7, 11) is 1.46. The summed E-state index contributed by atoms with van der Waals surface area (Å²) < 4.78 is 10.6. The maximum Gasteiger partial charge on any atom is 0.308 e. The molecule has 0 saturated carbocycles. The molecule has 26 heavy (non-hydrogen) atoms. The Kier molecular flexibility index (Phi) is 6.36. The van der Waals surface area contributed by atoms with Crippen LogP contribution in [0, 0.1) is 5.92 Å². The van der Waals surface area contributed by atoms with Gasteiger partial charge in [0.05, 0.1) is 19.6 Å². The third-order valence-corrected chi connectivity index (χ3v) is 5.21. The van der Waals surface area contributed by atoms with E-state index in [9.17, 15) is 4.79 Å². The zero-order valence-corrected chi connectivity index (χ0v) is 15.7. The van der Waals surface area contributed by atoms with Crippen molar-refractivity contribution in [2.45, 2.75) is 32.1 Å². The highest BCUT2D eigenvalue weighted by Gasteiger charge is 2.27. The fourth-order valence-electron chi connectivity index (χ4n) is 3.72. The van der Waals surface area contributed by atoms with E-state index in [-0.39, 0.29) is 11.9 Å². The summed E-state index contributed by atoms with van der Waals surface area (Å²) in [6.07, 6.45) is 2.62. The highest BCUT2D eigenvalue weighted by Crippen LogP contribution is 2.33. The highest BCUT2D eigenvalue weighted by molar-refractivity contribution is 5.80. The van der Waals surface area contributed by atoms with Crippen molar-refractivity contribution in [1.29, 1.82) is 0 Å². The van der Waals surface area contributed by atoms with Gasteiger partial charge in [-0.25, -0.2) is 0 Å². The van der Waals surface area contributed by atoms with Crippen LogP contribution in [-0.2, 0) is 9.53 Å². The Morgan fingerprint density at radius 3 is 2.81 bits per heavy atom. The number of guanidine groups is 1. The SMILES string of the molecule is CCNC(=NCC1CCOc2ccccc21)N1CCC(C(=O)OC)CC1. The van der Waals surface area contributed by atoms with Crippen molar-refractivity contribution >= 4 is 11.9 Å². The molecule has 6 heteroatoms. The predicted molar refractivity (Wildman–Crippen MR) is 102 cm³/mol. The first-order chi connectivity index (χ1) is 12.7. The van der Waals surface area contributed by atoms with Gasteiger partial charge in [-0.2, -0.15) is 0 Å². The third kappa shape index (κ3) is 4.29. The molecule has 0 amide bonds.